The number of nitrogens with two attached hydrogens (primary N) is 1. The molecule has 0 heterocycles. The molecule has 5 nitrogen and oxygen atoms in total. The summed E-state index contributed by atoms with van der Waals surface area (Å²) in [6.45, 7) is 1.34. The van der Waals surface area contributed by atoms with E-state index in [0.717, 1.165) is 0 Å². The van der Waals surface area contributed by atoms with E-state index in [0.29, 0.717) is 10.7 Å². The van der Waals surface area contributed by atoms with Crippen molar-refractivity contribution < 1.29 is 13.2 Å². The Morgan fingerprint density at radius 3 is 2.44 bits per heavy atom. The van der Waals surface area contributed by atoms with Crippen molar-refractivity contribution in [2.75, 3.05) is 17.6 Å². The van der Waals surface area contributed by atoms with Gasteiger partial charge in [-0.15, -0.1) is 0 Å². The molecule has 0 aliphatic heterocycles. The fourth-order valence-electron chi connectivity index (χ4n) is 1.28. The second kappa shape index (κ2) is 6.17. The summed E-state index contributed by atoms with van der Waals surface area (Å²) in [6, 6.07) is 6.41. The molecule has 0 saturated heterocycles. The van der Waals surface area contributed by atoms with Crippen molar-refractivity contribution in [1.82, 2.24) is 0 Å². The molecule has 1 unspecified atom stereocenters. The Kier molecular flexibility index (Phi) is 5.13. The number of carbonyl (C=O) groups is 1. The Balaban J connectivity index is 2.74. The first kappa shape index (κ1) is 14.9. The largest absolute Gasteiger partial charge is 0.329 e. The average Bonchev–Trinajstić information content (AvgIpc) is 2.31. The van der Waals surface area contributed by atoms with E-state index in [2.05, 4.69) is 5.32 Å². The molecule has 1 rings (SSSR count). The number of amides is 1. The number of rotatable bonds is 5. The van der Waals surface area contributed by atoms with Gasteiger partial charge in [-0.25, -0.2) is 8.42 Å². The van der Waals surface area contributed by atoms with E-state index < -0.39 is 21.0 Å². The second-order valence-corrected chi connectivity index (χ2v) is 6.67. The highest BCUT2D eigenvalue weighted by molar-refractivity contribution is 7.92. The van der Waals surface area contributed by atoms with E-state index in [9.17, 15) is 13.2 Å². The zero-order valence-electron chi connectivity index (χ0n) is 9.89. The highest BCUT2D eigenvalue weighted by Crippen LogP contribution is 2.14. The molecule has 1 atom stereocenters. The van der Waals surface area contributed by atoms with Gasteiger partial charge < -0.3 is 11.1 Å². The number of nitrogens with one attached hydrogen (secondary N) is 1. The van der Waals surface area contributed by atoms with Gasteiger partial charge in [0.15, 0.2) is 9.84 Å². The van der Waals surface area contributed by atoms with E-state index in [1.807, 2.05) is 0 Å². The first-order valence-corrected chi connectivity index (χ1v) is 7.44. The van der Waals surface area contributed by atoms with E-state index >= 15 is 0 Å². The molecule has 0 aliphatic carbocycles. The van der Waals surface area contributed by atoms with E-state index in [-0.39, 0.29) is 12.3 Å². The molecule has 0 bridgehead atoms. The van der Waals surface area contributed by atoms with Crippen molar-refractivity contribution in [3.8, 4) is 0 Å². The number of carbonyl (C=O) groups excluding carboxylic acids is 1. The quantitative estimate of drug-likeness (QED) is 0.848. The van der Waals surface area contributed by atoms with Crippen LogP contribution in [-0.4, -0.2) is 31.9 Å². The zero-order chi connectivity index (χ0) is 13.8. The van der Waals surface area contributed by atoms with Gasteiger partial charge in [-0.2, -0.15) is 0 Å². The van der Waals surface area contributed by atoms with Crippen molar-refractivity contribution in [2.24, 2.45) is 5.73 Å². The standard InChI is InChI=1S/C11H15ClN2O3S/c1-8(18(16,17)7-6-13)11(15)14-10-4-2-9(12)3-5-10/h2-5,8H,6-7,13H2,1H3,(H,14,15). The lowest BCUT2D eigenvalue weighted by Crippen LogP contribution is -2.35. The lowest BCUT2D eigenvalue weighted by Gasteiger charge is -2.12. The van der Waals surface area contributed by atoms with Gasteiger partial charge in [0.2, 0.25) is 5.91 Å². The summed E-state index contributed by atoms with van der Waals surface area (Å²) in [7, 11) is -3.50. The topological polar surface area (TPSA) is 89.3 Å². The molecule has 0 radical (unpaired) electrons. The Hall–Kier alpha value is -1.11. The maximum Gasteiger partial charge on any atom is 0.242 e. The molecule has 1 amide bonds. The molecule has 18 heavy (non-hydrogen) atoms. The third-order valence-corrected chi connectivity index (χ3v) is 4.77. The molecule has 0 fully saturated rings. The minimum absolute atomic E-state index is 0.000891. The molecule has 0 saturated carbocycles. The molecule has 100 valence electrons. The Morgan fingerprint density at radius 1 is 1.39 bits per heavy atom. The highest BCUT2D eigenvalue weighted by atomic mass is 35.5. The van der Waals surface area contributed by atoms with Gasteiger partial charge in [0.25, 0.3) is 0 Å². The summed E-state index contributed by atoms with van der Waals surface area (Å²) >= 11 is 5.70. The predicted octanol–water partition coefficient (Wildman–Crippen LogP) is 1.04. The molecule has 0 aromatic heterocycles. The summed E-state index contributed by atoms with van der Waals surface area (Å²) in [4.78, 5) is 11.8. The number of halogens is 1. The molecule has 1 aromatic rings. The number of hydrogen-bond donors (Lipinski definition) is 2. The maximum absolute atomic E-state index is 11.8. The summed E-state index contributed by atoms with van der Waals surface area (Å²) < 4.78 is 23.3. The highest BCUT2D eigenvalue weighted by Gasteiger charge is 2.27. The molecular formula is C11H15ClN2O3S. The van der Waals surface area contributed by atoms with Crippen LogP contribution in [0.2, 0.25) is 5.02 Å². The van der Waals surface area contributed by atoms with Crippen LogP contribution < -0.4 is 11.1 Å². The zero-order valence-corrected chi connectivity index (χ0v) is 11.5. The summed E-state index contributed by atoms with van der Waals surface area (Å²) in [5, 5.41) is 1.93. The smallest absolute Gasteiger partial charge is 0.242 e. The van der Waals surface area contributed by atoms with Crippen LogP contribution in [0.4, 0.5) is 5.69 Å². The number of hydrogen-bond acceptors (Lipinski definition) is 4. The molecule has 7 heteroatoms. The van der Waals surface area contributed by atoms with Gasteiger partial charge >= 0.3 is 0 Å². The molecule has 3 N–H and O–H groups in total. The van der Waals surface area contributed by atoms with Gasteiger partial charge in [0, 0.05) is 17.3 Å². The van der Waals surface area contributed by atoms with Crippen LogP contribution in [0.1, 0.15) is 6.92 Å². The first-order valence-electron chi connectivity index (χ1n) is 5.35. The van der Waals surface area contributed by atoms with Crippen LogP contribution in [0.5, 0.6) is 0 Å². The third-order valence-electron chi connectivity index (χ3n) is 2.42. The Bertz CT molecular complexity index is 514. The minimum atomic E-state index is -3.50. The predicted molar refractivity (Wildman–Crippen MR) is 72.4 cm³/mol. The van der Waals surface area contributed by atoms with Crippen LogP contribution in [0.15, 0.2) is 24.3 Å². The molecule has 0 aliphatic rings. The summed E-state index contributed by atoms with van der Waals surface area (Å²) in [5.74, 6) is -0.784. The SMILES string of the molecule is CC(C(=O)Nc1ccc(Cl)cc1)S(=O)(=O)CCN. The maximum atomic E-state index is 11.8. The minimum Gasteiger partial charge on any atom is -0.329 e. The Morgan fingerprint density at radius 2 is 1.94 bits per heavy atom. The number of sulfone groups is 1. The lowest BCUT2D eigenvalue weighted by molar-refractivity contribution is -0.115. The fourth-order valence-corrected chi connectivity index (χ4v) is 2.47. The monoisotopic (exact) mass is 290 g/mol. The lowest BCUT2D eigenvalue weighted by atomic mass is 10.3. The summed E-state index contributed by atoms with van der Waals surface area (Å²) in [5.41, 5.74) is 5.70. The normalized spacial score (nSPS) is 13.1. The van der Waals surface area contributed by atoms with Gasteiger partial charge in [0.1, 0.15) is 5.25 Å². The van der Waals surface area contributed by atoms with Crippen molar-refractivity contribution in [2.45, 2.75) is 12.2 Å². The van der Waals surface area contributed by atoms with Crippen molar-refractivity contribution >= 4 is 33.0 Å². The molecule has 0 spiro atoms. The summed E-state index contributed by atoms with van der Waals surface area (Å²) in [6.07, 6.45) is 0. The third kappa shape index (κ3) is 3.97. The van der Waals surface area contributed by atoms with Gasteiger partial charge in [-0.1, -0.05) is 11.6 Å². The van der Waals surface area contributed by atoms with Crippen molar-refractivity contribution in [3.63, 3.8) is 0 Å². The number of anilines is 1. The van der Waals surface area contributed by atoms with Crippen LogP contribution in [0.3, 0.4) is 0 Å². The van der Waals surface area contributed by atoms with Crippen LogP contribution in [0, 0.1) is 0 Å². The number of benzene rings is 1. The van der Waals surface area contributed by atoms with Gasteiger partial charge in [0.05, 0.1) is 5.75 Å². The van der Waals surface area contributed by atoms with E-state index in [1.165, 1.54) is 6.92 Å². The van der Waals surface area contributed by atoms with Crippen LogP contribution in [0.25, 0.3) is 0 Å². The van der Waals surface area contributed by atoms with Gasteiger partial charge in [-0.05, 0) is 31.2 Å². The van der Waals surface area contributed by atoms with Gasteiger partial charge in [-0.3, -0.25) is 4.79 Å². The van der Waals surface area contributed by atoms with Crippen LogP contribution >= 0.6 is 11.6 Å². The molecule has 1 aromatic carbocycles. The average molecular weight is 291 g/mol. The van der Waals surface area contributed by atoms with E-state index in [4.69, 9.17) is 17.3 Å². The second-order valence-electron chi connectivity index (χ2n) is 3.79. The van der Waals surface area contributed by atoms with Crippen molar-refractivity contribution in [3.05, 3.63) is 29.3 Å². The van der Waals surface area contributed by atoms with Crippen LogP contribution in [-0.2, 0) is 14.6 Å². The first-order chi connectivity index (χ1) is 8.36. The van der Waals surface area contributed by atoms with Crippen molar-refractivity contribution in [1.29, 1.82) is 0 Å². The fraction of sp³-hybridized carbons (Fsp3) is 0.364. The van der Waals surface area contributed by atoms with E-state index in [1.54, 1.807) is 24.3 Å². The Labute approximate surface area is 111 Å². The molecular weight excluding hydrogens is 276 g/mol.